The monoisotopic (exact) mass is 313 g/mol. The topological polar surface area (TPSA) is 38.3 Å². The molecule has 0 spiro atoms. The summed E-state index contributed by atoms with van der Waals surface area (Å²) in [6.07, 6.45) is 0. The van der Waals surface area contributed by atoms with E-state index in [0.717, 1.165) is 15.7 Å². The molecule has 0 aromatic heterocycles. The number of ether oxygens (including phenoxy) is 1. The molecule has 0 fully saturated rings. The van der Waals surface area contributed by atoms with Gasteiger partial charge in [0.25, 0.3) is 0 Å². The van der Waals surface area contributed by atoms with Crippen molar-refractivity contribution in [2.45, 2.75) is 27.7 Å². The lowest BCUT2D eigenvalue weighted by molar-refractivity contribution is -0.149. The second-order valence-electron chi connectivity index (χ2n) is 5.17. The average molecular weight is 314 g/mol. The molecule has 0 saturated heterocycles. The van der Waals surface area contributed by atoms with E-state index in [2.05, 4.69) is 40.3 Å². The van der Waals surface area contributed by atoms with Gasteiger partial charge in [-0.05, 0) is 60.8 Å². The minimum atomic E-state index is -0.550. The molecule has 0 bridgehead atoms. The van der Waals surface area contributed by atoms with E-state index in [4.69, 9.17) is 4.74 Å². The molecule has 1 aromatic carbocycles. The lowest BCUT2D eigenvalue weighted by Gasteiger charge is -2.23. The van der Waals surface area contributed by atoms with Gasteiger partial charge in [0.1, 0.15) is 0 Å². The van der Waals surface area contributed by atoms with Crippen molar-refractivity contribution in [3.8, 4) is 0 Å². The van der Waals surface area contributed by atoms with Crippen molar-refractivity contribution in [2.75, 3.05) is 19.0 Å². The van der Waals surface area contributed by atoms with Gasteiger partial charge in [0.05, 0.1) is 18.2 Å². The van der Waals surface area contributed by atoms with Crippen LogP contribution in [-0.2, 0) is 9.53 Å². The molecule has 0 aliphatic carbocycles. The Bertz CT molecular complexity index is 432. The SMILES string of the molecule is COC(=O)C(C)(C)CNc1c(C)cc(C)cc1Br. The van der Waals surface area contributed by atoms with Crippen molar-refractivity contribution in [2.24, 2.45) is 5.41 Å². The highest BCUT2D eigenvalue weighted by molar-refractivity contribution is 9.10. The molecule has 0 radical (unpaired) electrons. The molecule has 0 heterocycles. The van der Waals surface area contributed by atoms with E-state index in [1.54, 1.807) is 0 Å². The molecule has 0 saturated carbocycles. The Morgan fingerprint density at radius 1 is 1.39 bits per heavy atom. The van der Waals surface area contributed by atoms with Crippen LogP contribution in [0.3, 0.4) is 0 Å². The summed E-state index contributed by atoms with van der Waals surface area (Å²) in [7, 11) is 1.41. The molecule has 4 heteroatoms. The summed E-state index contributed by atoms with van der Waals surface area (Å²) in [6.45, 7) is 8.36. The predicted molar refractivity (Wildman–Crippen MR) is 77.9 cm³/mol. The third-order valence-corrected chi connectivity index (χ3v) is 3.50. The van der Waals surface area contributed by atoms with Crippen LogP contribution in [0.15, 0.2) is 16.6 Å². The standard InChI is InChI=1S/C14H20BrNO2/c1-9-6-10(2)12(11(15)7-9)16-8-14(3,4)13(17)18-5/h6-7,16H,8H2,1-5H3. The Labute approximate surface area is 117 Å². The van der Waals surface area contributed by atoms with Crippen molar-refractivity contribution in [3.05, 3.63) is 27.7 Å². The zero-order chi connectivity index (χ0) is 13.9. The number of rotatable bonds is 4. The lowest BCUT2D eigenvalue weighted by Crippen LogP contribution is -2.33. The molecular formula is C14H20BrNO2. The van der Waals surface area contributed by atoms with E-state index in [1.165, 1.54) is 12.7 Å². The Hall–Kier alpha value is -1.03. The molecule has 100 valence electrons. The number of anilines is 1. The number of carbonyl (C=O) groups excluding carboxylic acids is 1. The molecule has 0 aliphatic heterocycles. The number of hydrogen-bond acceptors (Lipinski definition) is 3. The summed E-state index contributed by atoms with van der Waals surface area (Å²) >= 11 is 3.54. The predicted octanol–water partition coefficient (Wildman–Crippen LogP) is 3.68. The quantitative estimate of drug-likeness (QED) is 0.862. The van der Waals surface area contributed by atoms with Crippen molar-refractivity contribution < 1.29 is 9.53 Å². The first-order valence-electron chi connectivity index (χ1n) is 5.87. The van der Waals surface area contributed by atoms with Crippen LogP contribution in [0.5, 0.6) is 0 Å². The summed E-state index contributed by atoms with van der Waals surface area (Å²) in [6, 6.07) is 4.17. The molecule has 0 atom stereocenters. The highest BCUT2D eigenvalue weighted by Crippen LogP contribution is 2.29. The van der Waals surface area contributed by atoms with Gasteiger partial charge in [0.2, 0.25) is 0 Å². The van der Waals surface area contributed by atoms with Gasteiger partial charge >= 0.3 is 5.97 Å². The first-order chi connectivity index (χ1) is 8.27. The van der Waals surface area contributed by atoms with Crippen LogP contribution in [0.4, 0.5) is 5.69 Å². The minimum absolute atomic E-state index is 0.212. The van der Waals surface area contributed by atoms with E-state index in [-0.39, 0.29) is 5.97 Å². The number of halogens is 1. The minimum Gasteiger partial charge on any atom is -0.469 e. The van der Waals surface area contributed by atoms with Crippen LogP contribution < -0.4 is 5.32 Å². The van der Waals surface area contributed by atoms with Crippen molar-refractivity contribution in [3.63, 3.8) is 0 Å². The summed E-state index contributed by atoms with van der Waals surface area (Å²) in [5.74, 6) is -0.212. The van der Waals surface area contributed by atoms with Crippen molar-refractivity contribution in [1.82, 2.24) is 0 Å². The zero-order valence-electron chi connectivity index (χ0n) is 11.6. The van der Waals surface area contributed by atoms with Gasteiger partial charge in [0.15, 0.2) is 0 Å². The van der Waals surface area contributed by atoms with Crippen LogP contribution in [0.2, 0.25) is 0 Å². The number of hydrogen-bond donors (Lipinski definition) is 1. The summed E-state index contributed by atoms with van der Waals surface area (Å²) in [5, 5.41) is 3.32. The molecule has 0 amide bonds. The molecule has 3 nitrogen and oxygen atoms in total. The Morgan fingerprint density at radius 2 is 2.00 bits per heavy atom. The van der Waals surface area contributed by atoms with Gasteiger partial charge < -0.3 is 10.1 Å². The van der Waals surface area contributed by atoms with Crippen molar-refractivity contribution in [1.29, 1.82) is 0 Å². The molecular weight excluding hydrogens is 294 g/mol. The van der Waals surface area contributed by atoms with E-state index in [0.29, 0.717) is 6.54 Å². The van der Waals surface area contributed by atoms with E-state index < -0.39 is 5.41 Å². The third kappa shape index (κ3) is 3.48. The number of methoxy groups -OCH3 is 1. The van der Waals surface area contributed by atoms with Gasteiger partial charge in [-0.1, -0.05) is 6.07 Å². The summed E-state index contributed by atoms with van der Waals surface area (Å²) in [5.41, 5.74) is 2.84. The fraction of sp³-hybridized carbons (Fsp3) is 0.500. The number of carbonyl (C=O) groups is 1. The van der Waals surface area contributed by atoms with Crippen LogP contribution >= 0.6 is 15.9 Å². The van der Waals surface area contributed by atoms with Gasteiger partial charge in [-0.15, -0.1) is 0 Å². The summed E-state index contributed by atoms with van der Waals surface area (Å²) < 4.78 is 5.81. The molecule has 1 N–H and O–H groups in total. The highest BCUT2D eigenvalue weighted by atomic mass is 79.9. The third-order valence-electron chi connectivity index (χ3n) is 2.88. The first kappa shape index (κ1) is 15.0. The van der Waals surface area contributed by atoms with Crippen LogP contribution in [-0.4, -0.2) is 19.6 Å². The molecule has 0 unspecified atom stereocenters. The van der Waals surface area contributed by atoms with Crippen molar-refractivity contribution >= 4 is 27.6 Å². The number of nitrogens with one attached hydrogen (secondary N) is 1. The number of esters is 1. The van der Waals surface area contributed by atoms with Crippen LogP contribution in [0.25, 0.3) is 0 Å². The average Bonchev–Trinajstić information content (AvgIpc) is 2.26. The Balaban J connectivity index is 2.84. The van der Waals surface area contributed by atoms with Gasteiger partial charge in [0, 0.05) is 11.0 Å². The van der Waals surface area contributed by atoms with Gasteiger partial charge in [-0.2, -0.15) is 0 Å². The molecule has 18 heavy (non-hydrogen) atoms. The molecule has 1 rings (SSSR count). The maximum absolute atomic E-state index is 11.6. The second-order valence-corrected chi connectivity index (χ2v) is 6.02. The molecule has 0 aliphatic rings. The normalized spacial score (nSPS) is 11.2. The maximum atomic E-state index is 11.6. The fourth-order valence-electron chi connectivity index (χ4n) is 1.80. The second kappa shape index (κ2) is 5.74. The number of benzene rings is 1. The largest absolute Gasteiger partial charge is 0.469 e. The van der Waals surface area contributed by atoms with E-state index >= 15 is 0 Å². The lowest BCUT2D eigenvalue weighted by atomic mass is 9.93. The first-order valence-corrected chi connectivity index (χ1v) is 6.66. The zero-order valence-corrected chi connectivity index (χ0v) is 13.1. The van der Waals surface area contributed by atoms with E-state index in [1.807, 2.05) is 20.8 Å². The van der Waals surface area contributed by atoms with Gasteiger partial charge in [-0.3, -0.25) is 4.79 Å². The Kier molecular flexibility index (Phi) is 4.79. The number of aryl methyl sites for hydroxylation is 2. The summed E-state index contributed by atoms with van der Waals surface area (Å²) in [4.78, 5) is 11.6. The van der Waals surface area contributed by atoms with Gasteiger partial charge in [-0.25, -0.2) is 0 Å². The Morgan fingerprint density at radius 3 is 2.50 bits per heavy atom. The molecule has 1 aromatic rings. The smallest absolute Gasteiger partial charge is 0.313 e. The maximum Gasteiger partial charge on any atom is 0.313 e. The van der Waals surface area contributed by atoms with Crippen LogP contribution in [0.1, 0.15) is 25.0 Å². The fourth-order valence-corrected chi connectivity index (χ4v) is 2.61. The van der Waals surface area contributed by atoms with E-state index in [9.17, 15) is 4.79 Å². The van der Waals surface area contributed by atoms with Crippen LogP contribution in [0, 0.1) is 19.3 Å². The highest BCUT2D eigenvalue weighted by Gasteiger charge is 2.28.